The number of hydrogen-bond donors (Lipinski definition) is 1. The molecule has 0 atom stereocenters. The van der Waals surface area contributed by atoms with Gasteiger partial charge in [0.05, 0.1) is 19.8 Å². The molecule has 0 aliphatic heterocycles. The lowest BCUT2D eigenvalue weighted by atomic mass is 10.1. The highest BCUT2D eigenvalue weighted by Gasteiger charge is 1.97. The number of fused-ring (bicyclic) bond motifs is 1. The molecule has 0 spiro atoms. The van der Waals surface area contributed by atoms with E-state index in [1.54, 1.807) is 12.1 Å². The number of phenols is 1. The van der Waals surface area contributed by atoms with Crippen molar-refractivity contribution in [3.8, 4) is 11.5 Å². The molecule has 0 aromatic heterocycles. The fourth-order valence-electron chi connectivity index (χ4n) is 2.49. The van der Waals surface area contributed by atoms with Gasteiger partial charge in [-0.05, 0) is 48.4 Å². The molecule has 3 aromatic rings. The molecule has 1 N–H and O–H groups in total. The lowest BCUT2D eigenvalue weighted by Gasteiger charge is -2.08. The number of ether oxygens (including phenoxy) is 3. The first-order valence-corrected chi connectivity index (χ1v) is 9.71. The van der Waals surface area contributed by atoms with Crippen molar-refractivity contribution in [3.63, 3.8) is 0 Å². The predicted octanol–water partition coefficient (Wildman–Crippen LogP) is 5.36. The van der Waals surface area contributed by atoms with Crippen molar-refractivity contribution in [2.75, 3.05) is 33.0 Å². The van der Waals surface area contributed by atoms with Gasteiger partial charge in [-0.3, -0.25) is 0 Å². The average molecular weight is 383 g/mol. The van der Waals surface area contributed by atoms with Crippen molar-refractivity contribution in [3.05, 3.63) is 72.3 Å². The first kappa shape index (κ1) is 21.7. The van der Waals surface area contributed by atoms with Gasteiger partial charge >= 0.3 is 0 Å². The zero-order valence-electron chi connectivity index (χ0n) is 16.8. The molecule has 0 amide bonds. The van der Waals surface area contributed by atoms with Gasteiger partial charge in [-0.1, -0.05) is 55.0 Å². The summed E-state index contributed by atoms with van der Waals surface area (Å²) in [5.74, 6) is 1.21. The molecule has 4 heteroatoms. The van der Waals surface area contributed by atoms with E-state index in [-0.39, 0.29) is 0 Å². The first-order chi connectivity index (χ1) is 13.7. The molecule has 0 saturated heterocycles. The number of rotatable bonds is 9. The van der Waals surface area contributed by atoms with Crippen molar-refractivity contribution in [1.82, 2.24) is 0 Å². The summed E-state index contributed by atoms with van der Waals surface area (Å²) >= 11 is 0. The fraction of sp³-hybridized carbons (Fsp3) is 0.333. The molecule has 0 aliphatic rings. The van der Waals surface area contributed by atoms with Crippen LogP contribution in [0.5, 0.6) is 11.5 Å². The number of benzene rings is 3. The van der Waals surface area contributed by atoms with Crippen LogP contribution in [0.25, 0.3) is 10.8 Å². The molecule has 0 unspecified atom stereocenters. The fourth-order valence-corrected chi connectivity index (χ4v) is 2.49. The van der Waals surface area contributed by atoms with Crippen LogP contribution in [0.3, 0.4) is 0 Å². The summed E-state index contributed by atoms with van der Waals surface area (Å²) in [6.07, 6.45) is 1.05. The van der Waals surface area contributed by atoms with E-state index >= 15 is 0 Å². The topological polar surface area (TPSA) is 47.9 Å². The Morgan fingerprint density at radius 3 is 2.04 bits per heavy atom. The minimum atomic E-state index is 0.329. The lowest BCUT2D eigenvalue weighted by Crippen LogP contribution is -2.11. The van der Waals surface area contributed by atoms with E-state index in [2.05, 4.69) is 31.2 Å². The Kier molecular flexibility index (Phi) is 9.91. The molecular formula is C24H30O4. The Bertz CT molecular complexity index is 778. The Hall–Kier alpha value is -2.56. The number of hydrogen-bond acceptors (Lipinski definition) is 4. The second kappa shape index (κ2) is 12.8. The summed E-state index contributed by atoms with van der Waals surface area (Å²) in [7, 11) is 0. The van der Waals surface area contributed by atoms with E-state index in [0.717, 1.165) is 18.8 Å². The van der Waals surface area contributed by atoms with Gasteiger partial charge in [0, 0.05) is 6.61 Å². The second-order valence-corrected chi connectivity index (χ2v) is 6.42. The average Bonchev–Trinajstić information content (AvgIpc) is 2.72. The highest BCUT2D eigenvalue weighted by atomic mass is 16.5. The molecular weight excluding hydrogens is 352 g/mol. The van der Waals surface area contributed by atoms with Gasteiger partial charge in [0.2, 0.25) is 0 Å². The van der Waals surface area contributed by atoms with Gasteiger partial charge < -0.3 is 19.3 Å². The van der Waals surface area contributed by atoms with Gasteiger partial charge in [-0.2, -0.15) is 0 Å². The zero-order chi connectivity index (χ0) is 20.0. The molecule has 0 radical (unpaired) electrons. The molecule has 3 rings (SSSR count). The van der Waals surface area contributed by atoms with Crippen molar-refractivity contribution >= 4 is 10.8 Å². The van der Waals surface area contributed by atoms with Crippen LogP contribution < -0.4 is 4.74 Å². The van der Waals surface area contributed by atoms with Crippen LogP contribution in [0.4, 0.5) is 0 Å². The van der Waals surface area contributed by atoms with Gasteiger partial charge in [0.1, 0.15) is 18.1 Å². The third-order valence-electron chi connectivity index (χ3n) is 3.97. The van der Waals surface area contributed by atoms with E-state index in [1.165, 1.54) is 16.3 Å². The molecule has 0 fully saturated rings. The van der Waals surface area contributed by atoms with Crippen LogP contribution >= 0.6 is 0 Å². The zero-order valence-corrected chi connectivity index (χ0v) is 16.8. The molecule has 0 heterocycles. The van der Waals surface area contributed by atoms with Crippen LogP contribution in [-0.2, 0) is 9.47 Å². The summed E-state index contributed by atoms with van der Waals surface area (Å²) in [4.78, 5) is 0. The highest BCUT2D eigenvalue weighted by Crippen LogP contribution is 2.20. The Morgan fingerprint density at radius 2 is 1.36 bits per heavy atom. The lowest BCUT2D eigenvalue weighted by molar-refractivity contribution is 0.0366. The van der Waals surface area contributed by atoms with Crippen molar-refractivity contribution in [2.24, 2.45) is 0 Å². The van der Waals surface area contributed by atoms with Crippen molar-refractivity contribution in [2.45, 2.75) is 20.3 Å². The summed E-state index contributed by atoms with van der Waals surface area (Å²) in [6.45, 7) is 7.31. The van der Waals surface area contributed by atoms with Crippen LogP contribution in [0.1, 0.15) is 18.9 Å². The maximum atomic E-state index is 8.76. The van der Waals surface area contributed by atoms with Crippen LogP contribution in [0.2, 0.25) is 0 Å². The van der Waals surface area contributed by atoms with E-state index in [0.29, 0.717) is 32.2 Å². The molecule has 3 aromatic carbocycles. The standard InChI is InChI=1S/C17H22O3.C7H8O/c1-2-9-18-10-11-19-12-13-20-17-8-7-15-5-3-4-6-16(15)14-17;1-6-2-4-7(8)5-3-6/h3-8,14H,2,9-13H2,1H3;2-5,8H,1H3. The SMILES string of the molecule is CCCOCCOCCOc1ccc2ccccc2c1.Cc1ccc(O)cc1. The second-order valence-electron chi connectivity index (χ2n) is 6.42. The Labute approximate surface area is 167 Å². The van der Waals surface area contributed by atoms with Gasteiger partial charge in [0.15, 0.2) is 0 Å². The third-order valence-corrected chi connectivity index (χ3v) is 3.97. The monoisotopic (exact) mass is 382 g/mol. The third kappa shape index (κ3) is 8.42. The van der Waals surface area contributed by atoms with Crippen LogP contribution in [0, 0.1) is 6.92 Å². The summed E-state index contributed by atoms with van der Waals surface area (Å²) in [5.41, 5.74) is 1.17. The van der Waals surface area contributed by atoms with Crippen molar-refractivity contribution < 1.29 is 19.3 Å². The largest absolute Gasteiger partial charge is 0.508 e. The number of phenolic OH excluding ortho intramolecular Hbond substituents is 1. The van der Waals surface area contributed by atoms with E-state index in [4.69, 9.17) is 19.3 Å². The van der Waals surface area contributed by atoms with Crippen LogP contribution in [0.15, 0.2) is 66.7 Å². The van der Waals surface area contributed by atoms with Gasteiger partial charge in [0.25, 0.3) is 0 Å². The summed E-state index contributed by atoms with van der Waals surface area (Å²) in [5, 5.41) is 11.2. The van der Waals surface area contributed by atoms with Crippen molar-refractivity contribution in [1.29, 1.82) is 0 Å². The minimum absolute atomic E-state index is 0.329. The highest BCUT2D eigenvalue weighted by molar-refractivity contribution is 5.83. The molecule has 0 bridgehead atoms. The quantitative estimate of drug-likeness (QED) is 0.506. The Balaban J connectivity index is 0.000000292. The smallest absolute Gasteiger partial charge is 0.120 e. The molecule has 4 nitrogen and oxygen atoms in total. The Morgan fingerprint density at radius 1 is 0.714 bits per heavy atom. The van der Waals surface area contributed by atoms with E-state index < -0.39 is 0 Å². The van der Waals surface area contributed by atoms with Crippen LogP contribution in [-0.4, -0.2) is 38.1 Å². The number of aryl methyl sites for hydroxylation is 1. The van der Waals surface area contributed by atoms with Gasteiger partial charge in [-0.25, -0.2) is 0 Å². The van der Waals surface area contributed by atoms with E-state index in [9.17, 15) is 0 Å². The molecule has 0 aliphatic carbocycles. The number of aromatic hydroxyl groups is 1. The van der Waals surface area contributed by atoms with E-state index in [1.807, 2.05) is 37.3 Å². The van der Waals surface area contributed by atoms with Gasteiger partial charge in [-0.15, -0.1) is 0 Å². The molecule has 150 valence electrons. The summed E-state index contributed by atoms with van der Waals surface area (Å²) in [6, 6.07) is 21.5. The normalized spacial score (nSPS) is 10.4. The molecule has 28 heavy (non-hydrogen) atoms. The maximum Gasteiger partial charge on any atom is 0.120 e. The molecule has 0 saturated carbocycles. The first-order valence-electron chi connectivity index (χ1n) is 9.71. The summed E-state index contributed by atoms with van der Waals surface area (Å²) < 4.78 is 16.4. The minimum Gasteiger partial charge on any atom is -0.508 e. The predicted molar refractivity (Wildman–Crippen MR) is 114 cm³/mol. The maximum absolute atomic E-state index is 8.76.